The minimum absolute atomic E-state index is 0.322. The van der Waals surface area contributed by atoms with Crippen molar-refractivity contribution < 1.29 is 13.2 Å². The number of fused-ring (bicyclic) bond motifs is 1. The van der Waals surface area contributed by atoms with Crippen molar-refractivity contribution in [2.24, 2.45) is 0 Å². The third kappa shape index (κ3) is 2.21. The number of aromatic nitrogens is 1. The Kier molecular flexibility index (Phi) is 2.78. The molecule has 0 aliphatic carbocycles. The lowest BCUT2D eigenvalue weighted by Crippen LogP contribution is -1.99. The molecule has 1 aromatic heterocycles. The lowest BCUT2D eigenvalue weighted by atomic mass is 10.2. The maximum absolute atomic E-state index is 13.2. The third-order valence-electron chi connectivity index (χ3n) is 3.07. The summed E-state index contributed by atoms with van der Waals surface area (Å²) in [5.41, 5.74) is 1.35. The van der Waals surface area contributed by atoms with Gasteiger partial charge in [0.05, 0.1) is 5.52 Å². The molecule has 0 unspecified atom stereocenters. The molecule has 0 fully saturated rings. The second-order valence-corrected chi connectivity index (χ2v) is 4.40. The Morgan fingerprint density at radius 2 is 1.68 bits per heavy atom. The van der Waals surface area contributed by atoms with Crippen LogP contribution in [0.3, 0.4) is 0 Å². The van der Waals surface area contributed by atoms with E-state index in [-0.39, 0.29) is 5.82 Å². The van der Waals surface area contributed by atoms with Gasteiger partial charge in [-0.3, -0.25) is 0 Å². The molecule has 0 aliphatic heterocycles. The van der Waals surface area contributed by atoms with Crippen LogP contribution in [0.1, 0.15) is 5.56 Å². The van der Waals surface area contributed by atoms with Crippen LogP contribution < -0.4 is 0 Å². The molecule has 0 bridgehead atoms. The van der Waals surface area contributed by atoms with Crippen LogP contribution in [-0.2, 0) is 6.54 Å². The molecular weight excluding hydrogens is 251 g/mol. The Hall–Kier alpha value is -2.23. The maximum Gasteiger partial charge on any atom is 0.159 e. The van der Waals surface area contributed by atoms with E-state index in [1.54, 1.807) is 16.8 Å². The van der Waals surface area contributed by atoms with E-state index in [4.69, 9.17) is 0 Å². The SMILES string of the molecule is Fc1ccc2ccn(Cc3ccc(F)c(F)c3)c2c1. The van der Waals surface area contributed by atoms with Gasteiger partial charge in [-0.05, 0) is 47.3 Å². The molecule has 2 aromatic carbocycles. The van der Waals surface area contributed by atoms with Crippen molar-refractivity contribution >= 4 is 10.9 Å². The first-order valence-electron chi connectivity index (χ1n) is 5.82. The number of rotatable bonds is 2. The highest BCUT2D eigenvalue weighted by atomic mass is 19.2. The predicted molar refractivity (Wildman–Crippen MR) is 67.4 cm³/mol. The van der Waals surface area contributed by atoms with E-state index < -0.39 is 11.6 Å². The highest BCUT2D eigenvalue weighted by molar-refractivity contribution is 5.80. The van der Waals surface area contributed by atoms with E-state index in [1.165, 1.54) is 18.2 Å². The predicted octanol–water partition coefficient (Wildman–Crippen LogP) is 4.11. The molecule has 0 N–H and O–H groups in total. The summed E-state index contributed by atoms with van der Waals surface area (Å²) in [5.74, 6) is -2.06. The van der Waals surface area contributed by atoms with Gasteiger partial charge in [0.15, 0.2) is 11.6 Å². The van der Waals surface area contributed by atoms with E-state index in [9.17, 15) is 13.2 Å². The van der Waals surface area contributed by atoms with Gasteiger partial charge in [-0.1, -0.05) is 6.07 Å². The average molecular weight is 261 g/mol. The van der Waals surface area contributed by atoms with E-state index in [0.29, 0.717) is 12.1 Å². The van der Waals surface area contributed by atoms with Crippen molar-refractivity contribution in [2.75, 3.05) is 0 Å². The van der Waals surface area contributed by atoms with Crippen LogP contribution in [-0.4, -0.2) is 4.57 Å². The summed E-state index contributed by atoms with van der Waals surface area (Å²) in [6.45, 7) is 0.365. The van der Waals surface area contributed by atoms with Crippen molar-refractivity contribution in [1.29, 1.82) is 0 Å². The molecule has 0 saturated heterocycles. The second-order valence-electron chi connectivity index (χ2n) is 4.40. The summed E-state index contributed by atoms with van der Waals surface area (Å²) in [4.78, 5) is 0. The molecular formula is C15H10F3N. The summed E-state index contributed by atoms with van der Waals surface area (Å²) in [5, 5.41) is 0.906. The van der Waals surface area contributed by atoms with Crippen molar-refractivity contribution in [3.63, 3.8) is 0 Å². The lowest BCUT2D eigenvalue weighted by Gasteiger charge is -2.06. The molecule has 1 heterocycles. The van der Waals surface area contributed by atoms with Crippen molar-refractivity contribution in [3.05, 3.63) is 71.7 Å². The Morgan fingerprint density at radius 1 is 0.842 bits per heavy atom. The van der Waals surface area contributed by atoms with Gasteiger partial charge in [-0.2, -0.15) is 0 Å². The Labute approximate surface area is 107 Å². The lowest BCUT2D eigenvalue weighted by molar-refractivity contribution is 0.506. The van der Waals surface area contributed by atoms with Crippen LogP contribution in [0.25, 0.3) is 10.9 Å². The van der Waals surface area contributed by atoms with Crippen molar-refractivity contribution in [2.45, 2.75) is 6.54 Å². The quantitative estimate of drug-likeness (QED) is 0.654. The molecule has 3 rings (SSSR count). The Morgan fingerprint density at radius 3 is 2.47 bits per heavy atom. The number of benzene rings is 2. The number of nitrogens with zero attached hydrogens (tertiary/aromatic N) is 1. The topological polar surface area (TPSA) is 4.93 Å². The highest BCUT2D eigenvalue weighted by Gasteiger charge is 2.06. The summed E-state index contributed by atoms with van der Waals surface area (Å²) in [6, 6.07) is 10.1. The van der Waals surface area contributed by atoms with Gasteiger partial charge in [0.25, 0.3) is 0 Å². The average Bonchev–Trinajstić information content (AvgIpc) is 2.77. The normalized spacial score (nSPS) is 11.1. The molecule has 3 aromatic rings. The Balaban J connectivity index is 2.00. The number of hydrogen-bond donors (Lipinski definition) is 0. The molecule has 0 aliphatic rings. The number of hydrogen-bond acceptors (Lipinski definition) is 0. The molecule has 19 heavy (non-hydrogen) atoms. The largest absolute Gasteiger partial charge is 0.343 e. The number of halogens is 3. The zero-order valence-corrected chi connectivity index (χ0v) is 9.91. The van der Waals surface area contributed by atoms with Gasteiger partial charge in [0, 0.05) is 12.7 Å². The minimum atomic E-state index is -0.875. The van der Waals surface area contributed by atoms with E-state index in [1.807, 2.05) is 6.07 Å². The standard InChI is InChI=1S/C15H10F3N/c16-12-3-2-11-5-6-19(15(11)8-12)9-10-1-4-13(17)14(18)7-10/h1-8H,9H2. The molecule has 1 nitrogen and oxygen atoms in total. The second kappa shape index (κ2) is 4.46. The van der Waals surface area contributed by atoms with Gasteiger partial charge in [-0.25, -0.2) is 13.2 Å². The van der Waals surface area contributed by atoms with E-state index in [0.717, 1.165) is 23.0 Å². The summed E-state index contributed by atoms with van der Waals surface area (Å²) in [7, 11) is 0. The van der Waals surface area contributed by atoms with Crippen LogP contribution >= 0.6 is 0 Å². The molecule has 4 heteroatoms. The minimum Gasteiger partial charge on any atom is -0.343 e. The van der Waals surface area contributed by atoms with Crippen molar-refractivity contribution in [3.8, 4) is 0 Å². The van der Waals surface area contributed by atoms with Crippen LogP contribution in [0, 0.1) is 17.5 Å². The fourth-order valence-corrected chi connectivity index (χ4v) is 2.13. The molecule has 0 atom stereocenters. The Bertz CT molecular complexity index is 746. The molecule has 0 radical (unpaired) electrons. The van der Waals surface area contributed by atoms with E-state index in [2.05, 4.69) is 0 Å². The molecule has 0 spiro atoms. The van der Waals surface area contributed by atoms with Crippen LogP contribution in [0.15, 0.2) is 48.7 Å². The third-order valence-corrected chi connectivity index (χ3v) is 3.07. The van der Waals surface area contributed by atoms with Crippen LogP contribution in [0.5, 0.6) is 0 Å². The van der Waals surface area contributed by atoms with E-state index >= 15 is 0 Å². The monoisotopic (exact) mass is 261 g/mol. The van der Waals surface area contributed by atoms with Gasteiger partial charge >= 0.3 is 0 Å². The van der Waals surface area contributed by atoms with Gasteiger partial charge in [-0.15, -0.1) is 0 Å². The van der Waals surface area contributed by atoms with Crippen LogP contribution in [0.2, 0.25) is 0 Å². The molecule has 0 amide bonds. The van der Waals surface area contributed by atoms with Crippen LogP contribution in [0.4, 0.5) is 13.2 Å². The first-order chi connectivity index (χ1) is 9.13. The van der Waals surface area contributed by atoms with Crippen molar-refractivity contribution in [1.82, 2.24) is 4.57 Å². The maximum atomic E-state index is 13.2. The fourth-order valence-electron chi connectivity index (χ4n) is 2.13. The molecule has 96 valence electrons. The van der Waals surface area contributed by atoms with Gasteiger partial charge in [0.2, 0.25) is 0 Å². The first kappa shape index (κ1) is 11.8. The zero-order chi connectivity index (χ0) is 13.4. The smallest absolute Gasteiger partial charge is 0.159 e. The summed E-state index contributed by atoms with van der Waals surface area (Å²) < 4.78 is 41.0. The van der Waals surface area contributed by atoms with Gasteiger partial charge in [0.1, 0.15) is 5.82 Å². The van der Waals surface area contributed by atoms with Gasteiger partial charge < -0.3 is 4.57 Å². The zero-order valence-electron chi connectivity index (χ0n) is 9.91. The summed E-state index contributed by atoms with van der Waals surface area (Å²) >= 11 is 0. The first-order valence-corrected chi connectivity index (χ1v) is 5.82. The highest BCUT2D eigenvalue weighted by Crippen LogP contribution is 2.19. The fraction of sp³-hybridized carbons (Fsp3) is 0.0667. The molecule has 0 saturated carbocycles. The summed E-state index contributed by atoms with van der Waals surface area (Å²) in [6.07, 6.45) is 1.80.